The molecular formula is C21H24N2O. The standard InChI is InChI=1S/C21H24N2O/c24-21(19-12-6-2-7-13-19)15-14-20(18-10-4-1-5-11-18)22-23-16-8-3-9-17-23/h1-2,4-7,10-13H,3,8-9,14-17H2/b22-20-. The van der Waals surface area contributed by atoms with Crippen LogP contribution >= 0.6 is 0 Å². The van der Waals surface area contributed by atoms with E-state index in [0.717, 1.165) is 29.9 Å². The van der Waals surface area contributed by atoms with Crippen molar-refractivity contribution in [2.24, 2.45) is 5.10 Å². The Morgan fingerprint density at radius 1 is 0.792 bits per heavy atom. The molecular weight excluding hydrogens is 296 g/mol. The van der Waals surface area contributed by atoms with Crippen LogP contribution in [0.5, 0.6) is 0 Å². The third-order valence-electron chi connectivity index (χ3n) is 4.39. The van der Waals surface area contributed by atoms with Gasteiger partial charge in [-0.3, -0.25) is 9.80 Å². The summed E-state index contributed by atoms with van der Waals surface area (Å²) >= 11 is 0. The molecule has 0 spiro atoms. The molecule has 0 aromatic heterocycles. The van der Waals surface area contributed by atoms with Crippen LogP contribution in [0.2, 0.25) is 0 Å². The van der Waals surface area contributed by atoms with E-state index in [9.17, 15) is 4.79 Å². The van der Waals surface area contributed by atoms with Gasteiger partial charge in [0, 0.05) is 25.1 Å². The lowest BCUT2D eigenvalue weighted by molar-refractivity contribution is 0.0984. The fourth-order valence-corrected chi connectivity index (χ4v) is 3.03. The highest BCUT2D eigenvalue weighted by Gasteiger charge is 2.13. The number of rotatable bonds is 6. The van der Waals surface area contributed by atoms with Crippen molar-refractivity contribution in [1.29, 1.82) is 0 Å². The molecule has 2 aromatic carbocycles. The first kappa shape index (κ1) is 16.4. The Bertz CT molecular complexity index is 673. The van der Waals surface area contributed by atoms with Crippen LogP contribution in [0.25, 0.3) is 0 Å². The van der Waals surface area contributed by atoms with E-state index in [1.54, 1.807) is 0 Å². The van der Waals surface area contributed by atoms with Gasteiger partial charge in [-0.2, -0.15) is 5.10 Å². The highest BCUT2D eigenvalue weighted by Crippen LogP contribution is 2.14. The van der Waals surface area contributed by atoms with Gasteiger partial charge in [0.15, 0.2) is 5.78 Å². The van der Waals surface area contributed by atoms with Gasteiger partial charge in [0.05, 0.1) is 5.71 Å². The van der Waals surface area contributed by atoms with Crippen LogP contribution in [0.4, 0.5) is 0 Å². The molecule has 0 unspecified atom stereocenters. The molecule has 24 heavy (non-hydrogen) atoms. The van der Waals surface area contributed by atoms with Crippen LogP contribution in [-0.4, -0.2) is 29.6 Å². The molecule has 1 aliphatic heterocycles. The van der Waals surface area contributed by atoms with Crippen LogP contribution in [0.3, 0.4) is 0 Å². The molecule has 124 valence electrons. The third-order valence-corrected chi connectivity index (χ3v) is 4.39. The molecule has 3 nitrogen and oxygen atoms in total. The van der Waals surface area contributed by atoms with Crippen molar-refractivity contribution in [2.75, 3.05) is 13.1 Å². The number of piperidine rings is 1. The molecule has 3 rings (SSSR count). The highest BCUT2D eigenvalue weighted by atomic mass is 16.1. The first-order chi connectivity index (χ1) is 11.8. The van der Waals surface area contributed by atoms with Crippen molar-refractivity contribution in [1.82, 2.24) is 5.01 Å². The maximum Gasteiger partial charge on any atom is 0.163 e. The predicted octanol–water partition coefficient (Wildman–Crippen LogP) is 4.54. The normalized spacial score (nSPS) is 15.3. The summed E-state index contributed by atoms with van der Waals surface area (Å²) < 4.78 is 0. The van der Waals surface area contributed by atoms with Gasteiger partial charge in [-0.1, -0.05) is 60.7 Å². The molecule has 1 saturated heterocycles. The Hall–Kier alpha value is -2.42. The van der Waals surface area contributed by atoms with Gasteiger partial charge in [0.1, 0.15) is 0 Å². The minimum Gasteiger partial charge on any atom is -0.297 e. The zero-order chi connectivity index (χ0) is 16.6. The van der Waals surface area contributed by atoms with E-state index in [4.69, 9.17) is 5.10 Å². The van der Waals surface area contributed by atoms with Crippen LogP contribution in [-0.2, 0) is 0 Å². The number of Topliss-reactive ketones (excluding diaryl/α,β-unsaturated/α-hetero) is 1. The molecule has 0 radical (unpaired) electrons. The zero-order valence-corrected chi connectivity index (χ0v) is 14.0. The topological polar surface area (TPSA) is 32.7 Å². The SMILES string of the molecule is O=C(CC/C(=N/N1CCCCC1)c1ccccc1)c1ccccc1. The molecule has 1 fully saturated rings. The van der Waals surface area contributed by atoms with Gasteiger partial charge in [-0.25, -0.2) is 0 Å². The second-order valence-electron chi connectivity index (χ2n) is 6.22. The molecule has 0 bridgehead atoms. The minimum atomic E-state index is 0.179. The van der Waals surface area contributed by atoms with Crippen LogP contribution in [0.1, 0.15) is 48.0 Å². The van der Waals surface area contributed by atoms with Gasteiger partial charge in [0.25, 0.3) is 0 Å². The van der Waals surface area contributed by atoms with Gasteiger partial charge in [0.2, 0.25) is 0 Å². The van der Waals surface area contributed by atoms with E-state index in [1.165, 1.54) is 19.3 Å². The summed E-state index contributed by atoms with van der Waals surface area (Å²) in [6, 6.07) is 19.7. The number of benzene rings is 2. The molecule has 2 aromatic rings. The average Bonchev–Trinajstić information content (AvgIpc) is 2.67. The van der Waals surface area contributed by atoms with Crippen molar-refractivity contribution in [3.63, 3.8) is 0 Å². The molecule has 0 saturated carbocycles. The monoisotopic (exact) mass is 320 g/mol. The van der Waals surface area contributed by atoms with Crippen LogP contribution in [0.15, 0.2) is 65.8 Å². The first-order valence-corrected chi connectivity index (χ1v) is 8.79. The van der Waals surface area contributed by atoms with E-state index in [2.05, 4.69) is 17.1 Å². The van der Waals surface area contributed by atoms with Crippen molar-refractivity contribution in [3.05, 3.63) is 71.8 Å². The molecule has 3 heteroatoms. The van der Waals surface area contributed by atoms with Crippen molar-refractivity contribution in [2.45, 2.75) is 32.1 Å². The number of nitrogens with zero attached hydrogens (tertiary/aromatic N) is 2. The molecule has 1 heterocycles. The number of hydrogen-bond acceptors (Lipinski definition) is 3. The summed E-state index contributed by atoms with van der Waals surface area (Å²) in [6.07, 6.45) is 4.86. The summed E-state index contributed by atoms with van der Waals surface area (Å²) in [5.74, 6) is 0.179. The molecule has 0 amide bonds. The Morgan fingerprint density at radius 2 is 1.38 bits per heavy atom. The molecule has 0 N–H and O–H groups in total. The molecule has 0 aliphatic carbocycles. The van der Waals surface area contributed by atoms with Crippen molar-refractivity contribution < 1.29 is 4.79 Å². The van der Waals surface area contributed by atoms with E-state index in [-0.39, 0.29) is 5.78 Å². The Labute approximate surface area is 144 Å². The van der Waals surface area contributed by atoms with Gasteiger partial charge < -0.3 is 0 Å². The van der Waals surface area contributed by atoms with Gasteiger partial charge >= 0.3 is 0 Å². The highest BCUT2D eigenvalue weighted by molar-refractivity contribution is 6.04. The largest absolute Gasteiger partial charge is 0.297 e. The first-order valence-electron chi connectivity index (χ1n) is 8.79. The van der Waals surface area contributed by atoms with Gasteiger partial charge in [-0.15, -0.1) is 0 Å². The van der Waals surface area contributed by atoms with Crippen LogP contribution in [0, 0.1) is 0 Å². The second kappa shape index (κ2) is 8.44. The van der Waals surface area contributed by atoms with E-state index in [0.29, 0.717) is 12.8 Å². The summed E-state index contributed by atoms with van der Waals surface area (Å²) in [7, 11) is 0. The van der Waals surface area contributed by atoms with Gasteiger partial charge in [-0.05, 0) is 31.2 Å². The Morgan fingerprint density at radius 3 is 2.00 bits per heavy atom. The second-order valence-corrected chi connectivity index (χ2v) is 6.22. The minimum absolute atomic E-state index is 0.179. The number of hydrazone groups is 1. The molecule has 0 atom stereocenters. The fourth-order valence-electron chi connectivity index (χ4n) is 3.03. The van der Waals surface area contributed by atoms with Crippen molar-refractivity contribution in [3.8, 4) is 0 Å². The smallest absolute Gasteiger partial charge is 0.163 e. The van der Waals surface area contributed by atoms with Crippen LogP contribution < -0.4 is 0 Å². The lowest BCUT2D eigenvalue weighted by Crippen LogP contribution is -2.26. The maximum atomic E-state index is 12.4. The number of carbonyl (C=O) groups excluding carboxylic acids is 1. The number of hydrogen-bond donors (Lipinski definition) is 0. The molecule has 1 aliphatic rings. The summed E-state index contributed by atoms with van der Waals surface area (Å²) in [4.78, 5) is 12.4. The summed E-state index contributed by atoms with van der Waals surface area (Å²) in [5.41, 5.74) is 2.91. The van der Waals surface area contributed by atoms with E-state index < -0.39 is 0 Å². The average molecular weight is 320 g/mol. The third kappa shape index (κ3) is 4.54. The quantitative estimate of drug-likeness (QED) is 0.578. The summed E-state index contributed by atoms with van der Waals surface area (Å²) in [6.45, 7) is 2.03. The Kier molecular flexibility index (Phi) is 5.78. The maximum absolute atomic E-state index is 12.4. The fraction of sp³-hybridized carbons (Fsp3) is 0.333. The lowest BCUT2D eigenvalue weighted by atomic mass is 10.0. The predicted molar refractivity (Wildman–Crippen MR) is 98.4 cm³/mol. The van der Waals surface area contributed by atoms with E-state index >= 15 is 0 Å². The van der Waals surface area contributed by atoms with E-state index in [1.807, 2.05) is 48.5 Å². The zero-order valence-electron chi connectivity index (χ0n) is 14.0. The summed E-state index contributed by atoms with van der Waals surface area (Å²) in [5, 5.41) is 7.03. The number of ketones is 1. The lowest BCUT2D eigenvalue weighted by Gasteiger charge is -2.25. The number of carbonyl (C=O) groups is 1. The Balaban J connectivity index is 1.72. The van der Waals surface area contributed by atoms with Crippen molar-refractivity contribution >= 4 is 11.5 Å².